The Morgan fingerprint density at radius 3 is 1.42 bits per heavy atom. The molecule has 0 saturated heterocycles. The van der Waals surface area contributed by atoms with Crippen LogP contribution in [0.15, 0.2) is 0 Å². The van der Waals surface area contributed by atoms with E-state index < -0.39 is 8.80 Å². The normalized spacial score (nSPS) is 12.0. The van der Waals surface area contributed by atoms with Gasteiger partial charge in [-0.05, 0) is 19.6 Å². The van der Waals surface area contributed by atoms with Gasteiger partial charge in [0.15, 0.2) is 0 Å². The molecule has 0 aliphatic carbocycles. The Balaban J connectivity index is 4.06. The molecule has 0 atom stereocenters. The van der Waals surface area contributed by atoms with E-state index in [4.69, 9.17) is 12.3 Å². The minimum atomic E-state index is -2.23. The van der Waals surface area contributed by atoms with Crippen LogP contribution in [0.2, 0.25) is 25.7 Å². The van der Waals surface area contributed by atoms with E-state index in [1.807, 2.05) is 19.6 Å². The number of hydrogen-bond donors (Lipinski definition) is 0. The van der Waals surface area contributed by atoms with Gasteiger partial charge < -0.3 is 12.3 Å². The van der Waals surface area contributed by atoms with E-state index in [1.165, 1.54) is 0 Å². The summed E-state index contributed by atoms with van der Waals surface area (Å²) in [4.78, 5) is 0. The van der Waals surface area contributed by atoms with Gasteiger partial charge in [0.25, 0.3) is 0 Å². The molecule has 0 aliphatic heterocycles. The maximum Gasteiger partial charge on any atom is 0.468 e. The Kier molecular flexibility index (Phi) is 7.63. The predicted molar refractivity (Wildman–Crippen MR) is 54.3 cm³/mol. The number of hydrogen-bond acceptors (Lipinski definition) is 3. The zero-order valence-corrected chi connectivity index (χ0v) is 11.9. The molecule has 0 N–H and O–H groups in total. The molecule has 0 spiro atoms. The third-order valence-corrected chi connectivity index (χ3v) is 8.25. The summed E-state index contributed by atoms with van der Waals surface area (Å²) in [6.07, 6.45) is 0. The van der Waals surface area contributed by atoms with Gasteiger partial charge >= 0.3 is 8.80 Å². The van der Waals surface area contributed by atoms with Crippen LogP contribution in [0.5, 0.6) is 0 Å². The highest BCUT2D eigenvalue weighted by molar-refractivity contribution is 6.73. The first-order valence-electron chi connectivity index (χ1n) is 3.79. The van der Waals surface area contributed by atoms with Crippen LogP contribution < -0.4 is 0 Å². The second-order valence-corrected chi connectivity index (χ2v) is 7.70. The standard InChI is InChI=1S/C5H14O3Si4/c1-5-12(6-9-2,7-10-3)8-11-4/h5H2,1-4H3. The van der Waals surface area contributed by atoms with E-state index in [1.54, 1.807) is 0 Å². The Bertz CT molecular complexity index is 95.8. The Morgan fingerprint density at radius 2 is 1.25 bits per heavy atom. The van der Waals surface area contributed by atoms with Crippen LogP contribution in [0, 0.1) is 0 Å². The van der Waals surface area contributed by atoms with Gasteiger partial charge in [0.2, 0.25) is 29.3 Å². The zero-order valence-electron chi connectivity index (χ0n) is 7.93. The average molecular weight is 235 g/mol. The fraction of sp³-hybridized carbons (Fsp3) is 1.00. The third kappa shape index (κ3) is 4.12. The lowest BCUT2D eigenvalue weighted by atomic mass is 11.0. The van der Waals surface area contributed by atoms with Crippen LogP contribution in [0.4, 0.5) is 0 Å². The predicted octanol–water partition coefficient (Wildman–Crippen LogP) is 0.997. The fourth-order valence-electron chi connectivity index (χ4n) is 0.746. The van der Waals surface area contributed by atoms with Gasteiger partial charge in [-0.15, -0.1) is 0 Å². The smallest absolute Gasteiger partial charge is 0.416 e. The van der Waals surface area contributed by atoms with E-state index in [0.29, 0.717) is 29.3 Å². The molecule has 12 heavy (non-hydrogen) atoms. The largest absolute Gasteiger partial charge is 0.468 e. The third-order valence-electron chi connectivity index (χ3n) is 1.21. The molecule has 0 heterocycles. The molecular weight excluding hydrogens is 220 g/mol. The van der Waals surface area contributed by atoms with Crippen molar-refractivity contribution >= 4 is 38.1 Å². The van der Waals surface area contributed by atoms with Crippen molar-refractivity contribution in [2.24, 2.45) is 0 Å². The lowest BCUT2D eigenvalue weighted by Gasteiger charge is -2.27. The lowest BCUT2D eigenvalue weighted by molar-refractivity contribution is 0.284. The highest BCUT2D eigenvalue weighted by Gasteiger charge is 2.36. The lowest BCUT2D eigenvalue weighted by Crippen LogP contribution is -2.47. The van der Waals surface area contributed by atoms with Crippen LogP contribution >= 0.6 is 0 Å². The monoisotopic (exact) mass is 234 g/mol. The molecule has 0 rings (SSSR count). The quantitative estimate of drug-likeness (QED) is 0.615. The Labute approximate surface area is 83.4 Å². The summed E-state index contributed by atoms with van der Waals surface area (Å²) in [6, 6.07) is 0.871. The van der Waals surface area contributed by atoms with E-state index in [0.717, 1.165) is 6.04 Å². The summed E-state index contributed by atoms with van der Waals surface area (Å²) < 4.78 is 16.8. The highest BCUT2D eigenvalue weighted by atomic mass is 28.5. The van der Waals surface area contributed by atoms with Gasteiger partial charge in [-0.25, -0.2) is 0 Å². The summed E-state index contributed by atoms with van der Waals surface area (Å²) >= 11 is 0. The molecule has 0 aromatic carbocycles. The molecule has 0 fully saturated rings. The summed E-state index contributed by atoms with van der Waals surface area (Å²) in [5.74, 6) is 0. The molecule has 0 amide bonds. The average Bonchev–Trinajstić information content (AvgIpc) is 2.06. The van der Waals surface area contributed by atoms with E-state index in [-0.39, 0.29) is 0 Å². The van der Waals surface area contributed by atoms with Crippen molar-refractivity contribution in [3.05, 3.63) is 0 Å². The molecule has 7 heteroatoms. The molecule has 0 aliphatic rings. The number of rotatable bonds is 7. The van der Waals surface area contributed by atoms with Gasteiger partial charge in [-0.3, -0.25) is 0 Å². The Morgan fingerprint density at radius 1 is 0.917 bits per heavy atom. The van der Waals surface area contributed by atoms with Crippen molar-refractivity contribution in [1.82, 2.24) is 0 Å². The van der Waals surface area contributed by atoms with Crippen molar-refractivity contribution in [3.8, 4) is 0 Å². The van der Waals surface area contributed by atoms with Crippen LogP contribution in [0.25, 0.3) is 0 Å². The summed E-state index contributed by atoms with van der Waals surface area (Å²) in [5.41, 5.74) is 0. The van der Waals surface area contributed by atoms with Crippen LogP contribution in [-0.4, -0.2) is 38.1 Å². The first-order valence-corrected chi connectivity index (χ1v) is 9.94. The molecule has 0 saturated carbocycles. The van der Waals surface area contributed by atoms with Crippen molar-refractivity contribution in [2.45, 2.75) is 32.6 Å². The van der Waals surface area contributed by atoms with Crippen molar-refractivity contribution in [3.63, 3.8) is 0 Å². The Hall–Kier alpha value is 0.748. The SMILES string of the molecule is CC[Si](O[Si]C)(O[Si]C)O[Si]C. The molecular formula is C5H14O3Si4. The van der Waals surface area contributed by atoms with Crippen molar-refractivity contribution in [2.75, 3.05) is 0 Å². The van der Waals surface area contributed by atoms with Crippen LogP contribution in [-0.2, 0) is 12.3 Å². The highest BCUT2D eigenvalue weighted by Crippen LogP contribution is 2.12. The van der Waals surface area contributed by atoms with Crippen LogP contribution in [0.1, 0.15) is 6.92 Å². The fourth-order valence-corrected chi connectivity index (χ4v) is 7.83. The first-order chi connectivity index (χ1) is 5.74. The van der Waals surface area contributed by atoms with Gasteiger partial charge in [0.05, 0.1) is 0 Å². The molecule has 3 nitrogen and oxygen atoms in total. The van der Waals surface area contributed by atoms with Gasteiger partial charge in [-0.1, -0.05) is 6.92 Å². The maximum atomic E-state index is 5.60. The van der Waals surface area contributed by atoms with Gasteiger partial charge in [-0.2, -0.15) is 0 Å². The van der Waals surface area contributed by atoms with Crippen molar-refractivity contribution < 1.29 is 12.3 Å². The molecule has 68 valence electrons. The molecule has 0 unspecified atom stereocenters. The zero-order chi connectivity index (χ0) is 9.45. The van der Waals surface area contributed by atoms with Gasteiger partial charge in [0.1, 0.15) is 0 Å². The second-order valence-electron chi connectivity index (χ2n) is 1.96. The molecule has 6 radical (unpaired) electrons. The second kappa shape index (κ2) is 7.18. The van der Waals surface area contributed by atoms with E-state index in [2.05, 4.69) is 6.92 Å². The minimum absolute atomic E-state index is 0.456. The van der Waals surface area contributed by atoms with Gasteiger partial charge in [0, 0.05) is 6.04 Å². The summed E-state index contributed by atoms with van der Waals surface area (Å²) in [5, 5.41) is 0. The van der Waals surface area contributed by atoms with Crippen molar-refractivity contribution in [1.29, 1.82) is 0 Å². The molecule has 0 bridgehead atoms. The first kappa shape index (κ1) is 12.7. The minimum Gasteiger partial charge on any atom is -0.416 e. The van der Waals surface area contributed by atoms with E-state index >= 15 is 0 Å². The summed E-state index contributed by atoms with van der Waals surface area (Å²) in [7, 11) is -0.864. The topological polar surface area (TPSA) is 27.7 Å². The maximum absolute atomic E-state index is 5.60. The summed E-state index contributed by atoms with van der Waals surface area (Å²) in [6.45, 7) is 8.07. The van der Waals surface area contributed by atoms with Crippen LogP contribution in [0.3, 0.4) is 0 Å². The molecule has 0 aromatic heterocycles. The van der Waals surface area contributed by atoms with E-state index in [9.17, 15) is 0 Å². The molecule has 0 aromatic rings.